The van der Waals surface area contributed by atoms with Crippen LogP contribution in [0, 0.1) is 0 Å². The van der Waals surface area contributed by atoms with Gasteiger partial charge in [-0.1, -0.05) is 19.9 Å². The molecule has 0 unspecified atom stereocenters. The first-order chi connectivity index (χ1) is 16.6. The lowest BCUT2D eigenvalue weighted by Crippen LogP contribution is -2.47. The number of piperazine rings is 1. The Hall–Kier alpha value is -3.87. The van der Waals surface area contributed by atoms with Gasteiger partial charge in [0.25, 0.3) is 5.56 Å². The molecule has 0 spiro atoms. The van der Waals surface area contributed by atoms with Crippen molar-refractivity contribution in [1.29, 1.82) is 0 Å². The largest absolute Gasteiger partial charge is 0.381 e. The van der Waals surface area contributed by atoms with Gasteiger partial charge in [-0.2, -0.15) is 0 Å². The van der Waals surface area contributed by atoms with Gasteiger partial charge in [0.2, 0.25) is 5.95 Å². The van der Waals surface area contributed by atoms with Crippen molar-refractivity contribution in [3.05, 3.63) is 88.5 Å². The number of hydrogen-bond acceptors (Lipinski definition) is 6. The van der Waals surface area contributed by atoms with Crippen molar-refractivity contribution in [2.45, 2.75) is 26.3 Å². The van der Waals surface area contributed by atoms with Crippen LogP contribution in [0.1, 0.15) is 30.9 Å². The van der Waals surface area contributed by atoms with E-state index in [4.69, 9.17) is 0 Å². The molecule has 0 aliphatic carbocycles. The number of fused-ring (bicyclic) bond motifs is 1. The molecule has 2 aromatic heterocycles. The summed E-state index contributed by atoms with van der Waals surface area (Å²) in [7, 11) is 0. The maximum Gasteiger partial charge on any atom is 0.253 e. The van der Waals surface area contributed by atoms with E-state index < -0.39 is 0 Å². The minimum atomic E-state index is -0.0471. The van der Waals surface area contributed by atoms with Crippen molar-refractivity contribution in [2.75, 3.05) is 41.3 Å². The van der Waals surface area contributed by atoms with E-state index in [1.807, 2.05) is 18.2 Å². The fraction of sp³-hybridized carbons (Fsp3) is 0.296. The van der Waals surface area contributed by atoms with E-state index >= 15 is 0 Å². The summed E-state index contributed by atoms with van der Waals surface area (Å²) in [6.45, 7) is 8.48. The zero-order valence-corrected chi connectivity index (χ0v) is 19.7. The molecule has 7 nitrogen and oxygen atoms in total. The first kappa shape index (κ1) is 21.9. The molecule has 2 aromatic carbocycles. The van der Waals surface area contributed by atoms with Crippen molar-refractivity contribution in [3.8, 4) is 0 Å². The molecule has 34 heavy (non-hydrogen) atoms. The molecule has 7 heteroatoms. The van der Waals surface area contributed by atoms with Crippen LogP contribution >= 0.6 is 0 Å². The van der Waals surface area contributed by atoms with Crippen LogP contribution in [0.25, 0.3) is 10.9 Å². The Bertz CT molecular complexity index is 1310. The first-order valence-corrected chi connectivity index (χ1v) is 11.8. The van der Waals surface area contributed by atoms with Gasteiger partial charge >= 0.3 is 0 Å². The summed E-state index contributed by atoms with van der Waals surface area (Å²) in [6.07, 6.45) is 3.57. The average molecular weight is 455 g/mol. The van der Waals surface area contributed by atoms with Gasteiger partial charge in [-0.15, -0.1) is 0 Å². The summed E-state index contributed by atoms with van der Waals surface area (Å²) in [5.74, 6) is 1.25. The Labute approximate surface area is 199 Å². The predicted molar refractivity (Wildman–Crippen MR) is 139 cm³/mol. The monoisotopic (exact) mass is 454 g/mol. The van der Waals surface area contributed by atoms with Crippen LogP contribution in [0.4, 0.5) is 17.3 Å². The molecule has 0 saturated carbocycles. The van der Waals surface area contributed by atoms with E-state index in [-0.39, 0.29) is 5.56 Å². The molecule has 1 aliphatic heterocycles. The Kier molecular flexibility index (Phi) is 6.16. The van der Waals surface area contributed by atoms with E-state index in [1.165, 1.54) is 11.3 Å². The van der Waals surface area contributed by atoms with Gasteiger partial charge in [0, 0.05) is 67.6 Å². The van der Waals surface area contributed by atoms with Gasteiger partial charge in [0.15, 0.2) is 0 Å². The van der Waals surface area contributed by atoms with Crippen LogP contribution in [0.3, 0.4) is 0 Å². The molecule has 0 bridgehead atoms. The molecule has 4 aromatic rings. The smallest absolute Gasteiger partial charge is 0.253 e. The fourth-order valence-electron chi connectivity index (χ4n) is 4.37. The number of nitrogens with zero attached hydrogens (tertiary/aromatic N) is 4. The topological polar surface area (TPSA) is 77.2 Å². The second-order valence-electron chi connectivity index (χ2n) is 9.05. The number of hydrogen-bond donors (Lipinski definition) is 2. The third-order valence-electron chi connectivity index (χ3n) is 6.44. The Balaban J connectivity index is 1.21. The second kappa shape index (κ2) is 9.55. The normalized spacial score (nSPS) is 14.1. The average Bonchev–Trinajstić information content (AvgIpc) is 2.88. The quantitative estimate of drug-likeness (QED) is 0.450. The molecular weight excluding hydrogens is 424 g/mol. The highest BCUT2D eigenvalue weighted by atomic mass is 16.1. The van der Waals surface area contributed by atoms with E-state index in [0.29, 0.717) is 12.5 Å². The molecule has 174 valence electrons. The van der Waals surface area contributed by atoms with E-state index in [1.54, 1.807) is 12.4 Å². The van der Waals surface area contributed by atoms with Gasteiger partial charge in [0.1, 0.15) is 0 Å². The highest BCUT2D eigenvalue weighted by molar-refractivity contribution is 5.80. The number of nitrogens with one attached hydrogen (secondary N) is 2. The van der Waals surface area contributed by atoms with Crippen LogP contribution in [0.2, 0.25) is 0 Å². The Morgan fingerprint density at radius 3 is 2.35 bits per heavy atom. The van der Waals surface area contributed by atoms with Crippen LogP contribution in [0.15, 0.2) is 71.8 Å². The fourth-order valence-corrected chi connectivity index (χ4v) is 4.37. The lowest BCUT2D eigenvalue weighted by Gasteiger charge is -2.36. The summed E-state index contributed by atoms with van der Waals surface area (Å²) in [5, 5.41) is 4.47. The summed E-state index contributed by atoms with van der Waals surface area (Å²) >= 11 is 0. The number of aromatic amines is 1. The van der Waals surface area contributed by atoms with E-state index in [0.717, 1.165) is 54.3 Å². The Morgan fingerprint density at radius 2 is 1.65 bits per heavy atom. The lowest BCUT2D eigenvalue weighted by molar-refractivity contribution is 0.640. The number of H-pyrrole nitrogens is 1. The third kappa shape index (κ3) is 4.73. The number of benzene rings is 2. The van der Waals surface area contributed by atoms with Crippen LogP contribution < -0.4 is 20.7 Å². The summed E-state index contributed by atoms with van der Waals surface area (Å²) < 4.78 is 0. The molecule has 1 fully saturated rings. The molecule has 2 N–H and O–H groups in total. The molecule has 5 rings (SSSR count). The molecule has 3 heterocycles. The highest BCUT2D eigenvalue weighted by Crippen LogP contribution is 2.22. The van der Waals surface area contributed by atoms with Gasteiger partial charge in [-0.25, -0.2) is 9.97 Å². The van der Waals surface area contributed by atoms with Gasteiger partial charge in [-0.3, -0.25) is 4.79 Å². The first-order valence-electron chi connectivity index (χ1n) is 11.8. The number of aromatic nitrogens is 3. The summed E-state index contributed by atoms with van der Waals surface area (Å²) in [5.41, 5.74) is 5.03. The minimum absolute atomic E-state index is 0.0471. The second-order valence-corrected chi connectivity index (χ2v) is 9.05. The molecule has 0 amide bonds. The van der Waals surface area contributed by atoms with Crippen molar-refractivity contribution in [3.63, 3.8) is 0 Å². The summed E-state index contributed by atoms with van der Waals surface area (Å²) in [4.78, 5) is 28.9. The van der Waals surface area contributed by atoms with Crippen molar-refractivity contribution in [2.24, 2.45) is 0 Å². The lowest BCUT2D eigenvalue weighted by atomic mass is 10.0. The number of pyridine rings is 1. The molecule has 0 atom stereocenters. The van der Waals surface area contributed by atoms with Gasteiger partial charge in [-0.05, 0) is 65.4 Å². The van der Waals surface area contributed by atoms with Gasteiger partial charge < -0.3 is 20.1 Å². The molecule has 1 saturated heterocycles. The standard InChI is InChI=1S/C27H30N6O/c1-19(2)20-4-9-25-21(16-20)17-22(26(34)31-25)18-30-23-5-7-24(8-6-23)32-12-14-33(15-13-32)27-28-10-3-11-29-27/h3-11,16-17,19,30H,12-15,18H2,1-2H3,(H,31,34). The zero-order chi connectivity index (χ0) is 23.5. The SMILES string of the molecule is CC(C)c1ccc2[nH]c(=O)c(CNc3ccc(N4CCN(c5ncccn5)CC4)cc3)cc2c1. The van der Waals surface area contributed by atoms with Crippen molar-refractivity contribution >= 4 is 28.2 Å². The van der Waals surface area contributed by atoms with Crippen molar-refractivity contribution < 1.29 is 0 Å². The van der Waals surface area contributed by atoms with Crippen LogP contribution in [-0.4, -0.2) is 41.1 Å². The Morgan fingerprint density at radius 1 is 0.941 bits per heavy atom. The maximum atomic E-state index is 12.5. The minimum Gasteiger partial charge on any atom is -0.381 e. The third-order valence-corrected chi connectivity index (χ3v) is 6.44. The van der Waals surface area contributed by atoms with Crippen LogP contribution in [0.5, 0.6) is 0 Å². The maximum absolute atomic E-state index is 12.5. The molecule has 0 radical (unpaired) electrons. The number of rotatable bonds is 6. The molecule has 1 aliphatic rings. The van der Waals surface area contributed by atoms with Crippen LogP contribution in [-0.2, 0) is 6.54 Å². The zero-order valence-electron chi connectivity index (χ0n) is 19.7. The van der Waals surface area contributed by atoms with Gasteiger partial charge in [0.05, 0.1) is 0 Å². The van der Waals surface area contributed by atoms with E-state index in [9.17, 15) is 4.79 Å². The van der Waals surface area contributed by atoms with E-state index in [2.05, 4.69) is 80.3 Å². The predicted octanol–water partition coefficient (Wildman–Crippen LogP) is 4.38. The number of anilines is 3. The molecular formula is C27H30N6O. The highest BCUT2D eigenvalue weighted by Gasteiger charge is 2.19. The van der Waals surface area contributed by atoms with Crippen molar-refractivity contribution in [1.82, 2.24) is 15.0 Å². The summed E-state index contributed by atoms with van der Waals surface area (Å²) in [6, 6.07) is 18.5.